The van der Waals surface area contributed by atoms with Crippen LogP contribution < -0.4 is 5.32 Å². The Kier molecular flexibility index (Phi) is 7.01. The molecule has 1 saturated heterocycles. The van der Waals surface area contributed by atoms with Gasteiger partial charge < -0.3 is 10.4 Å². The van der Waals surface area contributed by atoms with Crippen molar-refractivity contribution in [3.05, 3.63) is 35.4 Å². The minimum absolute atomic E-state index is 0.103. The maximum Gasteiger partial charge on any atom is 0.0991 e. The Balaban J connectivity index is 1.75. The highest BCUT2D eigenvalue weighted by Gasteiger charge is 2.31. The highest BCUT2D eigenvalue weighted by Crippen LogP contribution is 2.26. The van der Waals surface area contributed by atoms with Crippen LogP contribution in [-0.2, 0) is 6.54 Å². The van der Waals surface area contributed by atoms with Gasteiger partial charge in [0.15, 0.2) is 0 Å². The van der Waals surface area contributed by atoms with Gasteiger partial charge in [-0.2, -0.15) is 5.26 Å². The highest BCUT2D eigenvalue weighted by atomic mass is 16.3. The Morgan fingerprint density at radius 3 is 2.36 bits per heavy atom. The average Bonchev–Trinajstić information content (AvgIpc) is 2.61. The summed E-state index contributed by atoms with van der Waals surface area (Å²) in [6.07, 6.45) is 2.00. The standard InChI is InChI=1S/C21H33N3O/c1-16(2)20(25)21(3,4)15-23-19-9-11-24(12-10-19)14-18-7-5-17(13-22)6-8-18/h5-8,16,19-20,23,25H,9-12,14-15H2,1-4H3. The molecule has 0 saturated carbocycles. The second-order valence-corrected chi connectivity index (χ2v) is 8.42. The molecule has 2 rings (SSSR count). The van der Waals surface area contributed by atoms with E-state index in [2.05, 4.69) is 56.1 Å². The zero-order valence-corrected chi connectivity index (χ0v) is 16.1. The van der Waals surface area contributed by atoms with E-state index in [1.54, 1.807) is 0 Å². The van der Waals surface area contributed by atoms with Crippen LogP contribution in [0.1, 0.15) is 51.7 Å². The first-order valence-corrected chi connectivity index (χ1v) is 9.44. The van der Waals surface area contributed by atoms with E-state index in [4.69, 9.17) is 5.26 Å². The van der Waals surface area contributed by atoms with Crippen LogP contribution in [0.3, 0.4) is 0 Å². The lowest BCUT2D eigenvalue weighted by atomic mass is 9.80. The maximum atomic E-state index is 10.4. The minimum atomic E-state index is -0.281. The Morgan fingerprint density at radius 2 is 1.84 bits per heavy atom. The minimum Gasteiger partial charge on any atom is -0.392 e. The van der Waals surface area contributed by atoms with Crippen LogP contribution in [0.2, 0.25) is 0 Å². The second kappa shape index (κ2) is 8.80. The quantitative estimate of drug-likeness (QED) is 0.798. The lowest BCUT2D eigenvalue weighted by molar-refractivity contribution is 0.0107. The summed E-state index contributed by atoms with van der Waals surface area (Å²) in [5.41, 5.74) is 1.89. The molecule has 4 nitrogen and oxygen atoms in total. The van der Waals surface area contributed by atoms with Gasteiger partial charge in [-0.3, -0.25) is 4.90 Å². The van der Waals surface area contributed by atoms with E-state index in [1.165, 1.54) is 5.56 Å². The van der Waals surface area contributed by atoms with Gasteiger partial charge in [0.2, 0.25) is 0 Å². The fourth-order valence-electron chi connectivity index (χ4n) is 3.65. The molecule has 1 aliphatic rings. The largest absolute Gasteiger partial charge is 0.392 e. The molecule has 0 spiro atoms. The molecule has 0 radical (unpaired) electrons. The summed E-state index contributed by atoms with van der Waals surface area (Å²) in [4.78, 5) is 2.48. The Hall–Kier alpha value is -1.41. The fraction of sp³-hybridized carbons (Fsp3) is 0.667. The molecule has 1 fully saturated rings. The predicted octanol–water partition coefficient (Wildman–Crippen LogP) is 3.16. The molecule has 0 aliphatic carbocycles. The SMILES string of the molecule is CC(C)C(O)C(C)(C)CNC1CCN(Cc2ccc(C#N)cc2)CC1. The first kappa shape index (κ1) is 19.9. The molecule has 1 aromatic carbocycles. The van der Waals surface area contributed by atoms with Crippen molar-refractivity contribution in [1.82, 2.24) is 10.2 Å². The molecular weight excluding hydrogens is 310 g/mol. The van der Waals surface area contributed by atoms with Gasteiger partial charge in [-0.15, -0.1) is 0 Å². The lowest BCUT2D eigenvalue weighted by Crippen LogP contribution is -2.48. The van der Waals surface area contributed by atoms with Crippen LogP contribution in [0.25, 0.3) is 0 Å². The zero-order valence-electron chi connectivity index (χ0n) is 16.1. The number of rotatable bonds is 7. The summed E-state index contributed by atoms with van der Waals surface area (Å²) >= 11 is 0. The third-order valence-electron chi connectivity index (χ3n) is 5.36. The third-order valence-corrected chi connectivity index (χ3v) is 5.36. The lowest BCUT2D eigenvalue weighted by Gasteiger charge is -2.37. The van der Waals surface area contributed by atoms with Crippen molar-refractivity contribution in [1.29, 1.82) is 5.26 Å². The molecule has 1 aliphatic heterocycles. The smallest absolute Gasteiger partial charge is 0.0991 e. The number of piperidine rings is 1. The molecule has 1 heterocycles. The van der Waals surface area contributed by atoms with Crippen molar-refractivity contribution in [3.8, 4) is 6.07 Å². The van der Waals surface area contributed by atoms with Gasteiger partial charge in [0.25, 0.3) is 0 Å². The van der Waals surface area contributed by atoms with Gasteiger partial charge in [-0.25, -0.2) is 0 Å². The molecule has 4 heteroatoms. The predicted molar refractivity (Wildman–Crippen MR) is 102 cm³/mol. The fourth-order valence-corrected chi connectivity index (χ4v) is 3.65. The van der Waals surface area contributed by atoms with Crippen LogP contribution in [-0.4, -0.2) is 41.8 Å². The van der Waals surface area contributed by atoms with Crippen molar-refractivity contribution < 1.29 is 5.11 Å². The topological polar surface area (TPSA) is 59.3 Å². The molecule has 0 aromatic heterocycles. The third kappa shape index (κ3) is 5.81. The van der Waals surface area contributed by atoms with Gasteiger partial charge >= 0.3 is 0 Å². The maximum absolute atomic E-state index is 10.4. The van der Waals surface area contributed by atoms with Crippen molar-refractivity contribution in [2.45, 2.75) is 59.2 Å². The van der Waals surface area contributed by atoms with E-state index in [0.29, 0.717) is 6.04 Å². The molecule has 2 N–H and O–H groups in total. The normalized spacial score (nSPS) is 18.3. The number of aliphatic hydroxyl groups is 1. The van der Waals surface area contributed by atoms with Crippen LogP contribution in [0.4, 0.5) is 0 Å². The van der Waals surface area contributed by atoms with E-state index in [1.807, 2.05) is 12.1 Å². The molecule has 0 amide bonds. The number of nitrogens with one attached hydrogen (secondary N) is 1. The summed E-state index contributed by atoms with van der Waals surface area (Å²) in [6.45, 7) is 12.4. The Morgan fingerprint density at radius 1 is 1.24 bits per heavy atom. The van der Waals surface area contributed by atoms with E-state index < -0.39 is 0 Å². The number of aliphatic hydroxyl groups excluding tert-OH is 1. The number of benzene rings is 1. The van der Waals surface area contributed by atoms with Gasteiger partial charge in [0.05, 0.1) is 17.7 Å². The molecule has 25 heavy (non-hydrogen) atoms. The van der Waals surface area contributed by atoms with E-state index in [9.17, 15) is 5.11 Å². The van der Waals surface area contributed by atoms with Crippen molar-refractivity contribution >= 4 is 0 Å². The molecule has 1 unspecified atom stereocenters. The Labute approximate surface area is 152 Å². The number of likely N-dealkylation sites (tertiary alicyclic amines) is 1. The summed E-state index contributed by atoms with van der Waals surface area (Å²) in [7, 11) is 0. The summed E-state index contributed by atoms with van der Waals surface area (Å²) < 4.78 is 0. The van der Waals surface area contributed by atoms with Crippen LogP contribution in [0.15, 0.2) is 24.3 Å². The van der Waals surface area contributed by atoms with Crippen molar-refractivity contribution in [2.75, 3.05) is 19.6 Å². The van der Waals surface area contributed by atoms with E-state index in [-0.39, 0.29) is 17.4 Å². The van der Waals surface area contributed by atoms with Crippen LogP contribution in [0.5, 0.6) is 0 Å². The van der Waals surface area contributed by atoms with Crippen molar-refractivity contribution in [2.24, 2.45) is 11.3 Å². The molecule has 0 bridgehead atoms. The first-order valence-electron chi connectivity index (χ1n) is 9.44. The van der Waals surface area contributed by atoms with Gasteiger partial charge in [0, 0.05) is 24.5 Å². The van der Waals surface area contributed by atoms with Gasteiger partial charge in [0.1, 0.15) is 0 Å². The van der Waals surface area contributed by atoms with Crippen LogP contribution in [0, 0.1) is 22.7 Å². The van der Waals surface area contributed by atoms with Gasteiger partial charge in [-0.1, -0.05) is 39.8 Å². The molecule has 138 valence electrons. The van der Waals surface area contributed by atoms with E-state index in [0.717, 1.165) is 44.6 Å². The second-order valence-electron chi connectivity index (χ2n) is 8.42. The highest BCUT2D eigenvalue weighted by molar-refractivity contribution is 5.31. The molecule has 1 atom stereocenters. The summed E-state index contributed by atoms with van der Waals surface area (Å²) in [6, 6.07) is 10.6. The monoisotopic (exact) mass is 343 g/mol. The molecule has 1 aromatic rings. The number of nitriles is 1. The number of hydrogen-bond donors (Lipinski definition) is 2. The molecular formula is C21H33N3O. The van der Waals surface area contributed by atoms with E-state index >= 15 is 0 Å². The van der Waals surface area contributed by atoms with Gasteiger partial charge in [-0.05, 0) is 49.5 Å². The average molecular weight is 344 g/mol. The number of hydrogen-bond acceptors (Lipinski definition) is 4. The van der Waals surface area contributed by atoms with Crippen molar-refractivity contribution in [3.63, 3.8) is 0 Å². The summed E-state index contributed by atoms with van der Waals surface area (Å²) in [5, 5.41) is 22.9. The Bertz CT molecular complexity index is 566. The number of nitrogens with zero attached hydrogens (tertiary/aromatic N) is 2. The summed E-state index contributed by atoms with van der Waals surface area (Å²) in [5.74, 6) is 0.283. The first-order chi connectivity index (χ1) is 11.8. The van der Waals surface area contributed by atoms with Crippen LogP contribution >= 0.6 is 0 Å². The zero-order chi connectivity index (χ0) is 18.4.